The van der Waals surface area contributed by atoms with Gasteiger partial charge in [-0.3, -0.25) is 0 Å². The maximum absolute atomic E-state index is 9.04. The van der Waals surface area contributed by atoms with E-state index >= 15 is 0 Å². The molecule has 2 rings (SSSR count). The van der Waals surface area contributed by atoms with Crippen LogP contribution in [0.1, 0.15) is 20.3 Å². The van der Waals surface area contributed by atoms with Gasteiger partial charge in [0.25, 0.3) is 0 Å². The van der Waals surface area contributed by atoms with Crippen LogP contribution in [0.4, 0.5) is 5.82 Å². The summed E-state index contributed by atoms with van der Waals surface area (Å²) in [6.45, 7) is 4.14. The number of nitrogens with zero attached hydrogens (tertiary/aromatic N) is 2. The largest absolute Gasteiger partial charge is 0.396 e. The maximum Gasteiger partial charge on any atom is 0.159 e. The zero-order valence-corrected chi connectivity index (χ0v) is 11.2. The predicted octanol–water partition coefficient (Wildman–Crippen LogP) is 2.86. The lowest BCUT2D eigenvalue weighted by atomic mass is 10.0. The summed E-state index contributed by atoms with van der Waals surface area (Å²) in [5.41, 5.74) is -0.250. The Balaban J connectivity index is 2.43. The van der Waals surface area contributed by atoms with Crippen molar-refractivity contribution in [3.8, 4) is 0 Å². The smallest absolute Gasteiger partial charge is 0.159 e. The highest BCUT2D eigenvalue weighted by Gasteiger charge is 2.19. The van der Waals surface area contributed by atoms with Crippen LogP contribution < -0.4 is 5.32 Å². The standard InChI is InChI=1S/C13H16ClN3O/c1-13(2,7-8-18)15-12-10-6-4-3-5-9(10)11(14)16-17-12/h3-6,18H,7-8H2,1-2H3,(H,15,17). The minimum Gasteiger partial charge on any atom is -0.396 e. The van der Waals surface area contributed by atoms with Crippen molar-refractivity contribution in [3.05, 3.63) is 29.4 Å². The third kappa shape index (κ3) is 2.71. The molecule has 96 valence electrons. The van der Waals surface area contributed by atoms with Crippen molar-refractivity contribution >= 4 is 28.2 Å². The van der Waals surface area contributed by atoms with Crippen molar-refractivity contribution in [2.24, 2.45) is 0 Å². The molecule has 4 nitrogen and oxygen atoms in total. The summed E-state index contributed by atoms with van der Waals surface area (Å²) in [4.78, 5) is 0. The number of benzene rings is 1. The molecule has 2 N–H and O–H groups in total. The van der Waals surface area contributed by atoms with Crippen LogP contribution in [0.2, 0.25) is 5.15 Å². The lowest BCUT2D eigenvalue weighted by Crippen LogP contribution is -2.32. The van der Waals surface area contributed by atoms with Crippen LogP contribution >= 0.6 is 11.6 Å². The molecule has 2 aromatic rings. The van der Waals surface area contributed by atoms with Gasteiger partial charge in [0.2, 0.25) is 0 Å². The van der Waals surface area contributed by atoms with E-state index in [4.69, 9.17) is 16.7 Å². The zero-order chi connectivity index (χ0) is 13.2. The molecule has 0 saturated heterocycles. The number of anilines is 1. The van der Waals surface area contributed by atoms with Gasteiger partial charge in [-0.1, -0.05) is 35.9 Å². The topological polar surface area (TPSA) is 58.0 Å². The van der Waals surface area contributed by atoms with Gasteiger partial charge in [-0.05, 0) is 20.3 Å². The maximum atomic E-state index is 9.04. The molecule has 0 bridgehead atoms. The lowest BCUT2D eigenvalue weighted by Gasteiger charge is -2.26. The Morgan fingerprint density at radius 2 is 1.89 bits per heavy atom. The molecule has 1 heterocycles. The fourth-order valence-electron chi connectivity index (χ4n) is 1.83. The van der Waals surface area contributed by atoms with Gasteiger partial charge in [0, 0.05) is 22.9 Å². The molecule has 0 fully saturated rings. The molecule has 0 saturated carbocycles. The Bertz CT molecular complexity index is 557. The minimum absolute atomic E-state index is 0.124. The second-order valence-corrected chi connectivity index (χ2v) is 5.23. The van der Waals surface area contributed by atoms with E-state index in [9.17, 15) is 0 Å². The Hall–Kier alpha value is -1.39. The highest BCUT2D eigenvalue weighted by atomic mass is 35.5. The van der Waals surface area contributed by atoms with Gasteiger partial charge >= 0.3 is 0 Å². The van der Waals surface area contributed by atoms with Crippen LogP contribution in [0.25, 0.3) is 10.8 Å². The summed E-state index contributed by atoms with van der Waals surface area (Å²) in [5.74, 6) is 0.688. The number of rotatable bonds is 4. The van der Waals surface area contributed by atoms with Gasteiger partial charge in [-0.25, -0.2) is 0 Å². The Labute approximate surface area is 111 Å². The van der Waals surface area contributed by atoms with Crippen LogP contribution in [0.15, 0.2) is 24.3 Å². The van der Waals surface area contributed by atoms with Crippen molar-refractivity contribution in [3.63, 3.8) is 0 Å². The number of aliphatic hydroxyl groups is 1. The van der Waals surface area contributed by atoms with Gasteiger partial charge in [0.05, 0.1) is 0 Å². The third-order valence-corrected chi connectivity index (χ3v) is 3.12. The van der Waals surface area contributed by atoms with E-state index in [-0.39, 0.29) is 12.1 Å². The molecule has 0 aliphatic carbocycles. The molecule has 1 aromatic heterocycles. The summed E-state index contributed by atoms with van der Waals surface area (Å²) in [6, 6.07) is 7.72. The number of aliphatic hydroxyl groups excluding tert-OH is 1. The summed E-state index contributed by atoms with van der Waals surface area (Å²) in [5, 5.41) is 22.6. The van der Waals surface area contributed by atoms with E-state index in [0.717, 1.165) is 10.8 Å². The minimum atomic E-state index is -0.250. The predicted molar refractivity (Wildman–Crippen MR) is 74.0 cm³/mol. The summed E-state index contributed by atoms with van der Waals surface area (Å²) >= 11 is 6.02. The van der Waals surface area contributed by atoms with Crippen molar-refractivity contribution in [2.45, 2.75) is 25.8 Å². The zero-order valence-electron chi connectivity index (χ0n) is 10.4. The Morgan fingerprint density at radius 1 is 1.22 bits per heavy atom. The average molecular weight is 266 g/mol. The second kappa shape index (κ2) is 5.08. The van der Waals surface area contributed by atoms with Crippen molar-refractivity contribution in [2.75, 3.05) is 11.9 Å². The van der Waals surface area contributed by atoms with Crippen LogP contribution in [-0.4, -0.2) is 27.4 Å². The molecule has 0 unspecified atom stereocenters. The van der Waals surface area contributed by atoms with E-state index in [1.165, 1.54) is 0 Å². The summed E-state index contributed by atoms with van der Waals surface area (Å²) in [7, 11) is 0. The first-order valence-corrected chi connectivity index (χ1v) is 6.21. The third-order valence-electron chi connectivity index (χ3n) is 2.84. The molecular weight excluding hydrogens is 250 g/mol. The number of hydrogen-bond donors (Lipinski definition) is 2. The normalized spacial score (nSPS) is 11.8. The first-order chi connectivity index (χ1) is 8.53. The van der Waals surface area contributed by atoms with Gasteiger partial charge in [-0.15, -0.1) is 10.2 Å². The van der Waals surface area contributed by atoms with E-state index in [0.29, 0.717) is 17.4 Å². The van der Waals surface area contributed by atoms with Crippen molar-refractivity contribution in [1.82, 2.24) is 10.2 Å². The van der Waals surface area contributed by atoms with Crippen molar-refractivity contribution in [1.29, 1.82) is 0 Å². The van der Waals surface area contributed by atoms with E-state index in [2.05, 4.69) is 15.5 Å². The number of fused-ring (bicyclic) bond motifs is 1. The first kappa shape index (κ1) is 13.1. The van der Waals surface area contributed by atoms with Crippen molar-refractivity contribution < 1.29 is 5.11 Å². The highest BCUT2D eigenvalue weighted by molar-refractivity contribution is 6.34. The molecule has 18 heavy (non-hydrogen) atoms. The highest BCUT2D eigenvalue weighted by Crippen LogP contribution is 2.27. The molecule has 0 spiro atoms. The SMILES string of the molecule is CC(C)(CCO)Nc1nnc(Cl)c2ccccc12. The molecule has 0 aliphatic heterocycles. The first-order valence-electron chi connectivity index (χ1n) is 5.83. The van der Waals surface area contributed by atoms with E-state index in [1.54, 1.807) is 0 Å². The molecule has 5 heteroatoms. The van der Waals surface area contributed by atoms with Gasteiger partial charge in [0.15, 0.2) is 11.0 Å². The van der Waals surface area contributed by atoms with Crippen LogP contribution in [0, 0.1) is 0 Å². The van der Waals surface area contributed by atoms with Crippen LogP contribution in [0.5, 0.6) is 0 Å². The van der Waals surface area contributed by atoms with Crippen LogP contribution in [0.3, 0.4) is 0 Å². The molecule has 0 amide bonds. The summed E-state index contributed by atoms with van der Waals surface area (Å²) in [6.07, 6.45) is 0.631. The number of halogens is 1. The quantitative estimate of drug-likeness (QED) is 0.893. The van der Waals surface area contributed by atoms with E-state index < -0.39 is 0 Å². The van der Waals surface area contributed by atoms with Gasteiger partial charge in [0.1, 0.15) is 0 Å². The number of aromatic nitrogens is 2. The Morgan fingerprint density at radius 3 is 2.56 bits per heavy atom. The summed E-state index contributed by atoms with van der Waals surface area (Å²) < 4.78 is 0. The van der Waals surface area contributed by atoms with Crippen LogP contribution in [-0.2, 0) is 0 Å². The Kier molecular flexibility index (Phi) is 3.68. The molecule has 0 aliphatic rings. The average Bonchev–Trinajstić information content (AvgIpc) is 2.33. The number of hydrogen-bond acceptors (Lipinski definition) is 4. The fraction of sp³-hybridized carbons (Fsp3) is 0.385. The molecule has 0 atom stereocenters. The van der Waals surface area contributed by atoms with Gasteiger partial charge < -0.3 is 10.4 Å². The second-order valence-electron chi connectivity index (χ2n) is 4.87. The monoisotopic (exact) mass is 265 g/mol. The molecule has 0 radical (unpaired) electrons. The molecular formula is C13H16ClN3O. The lowest BCUT2D eigenvalue weighted by molar-refractivity contribution is 0.260. The number of nitrogens with one attached hydrogen (secondary N) is 1. The fourth-order valence-corrected chi connectivity index (χ4v) is 2.03. The van der Waals surface area contributed by atoms with E-state index in [1.807, 2.05) is 38.1 Å². The molecule has 1 aromatic carbocycles. The van der Waals surface area contributed by atoms with Gasteiger partial charge in [-0.2, -0.15) is 0 Å².